The smallest absolute Gasteiger partial charge is 0.0655 e. The molecule has 12 heavy (non-hydrogen) atoms. The third-order valence-electron chi connectivity index (χ3n) is 2.84. The van der Waals surface area contributed by atoms with Gasteiger partial charge in [0.2, 0.25) is 0 Å². The van der Waals surface area contributed by atoms with Gasteiger partial charge >= 0.3 is 0 Å². The Kier molecular flexibility index (Phi) is 2.94. The molecule has 0 aromatic heterocycles. The van der Waals surface area contributed by atoms with Crippen LogP contribution in [0.5, 0.6) is 0 Å². The average Bonchev–Trinajstić information content (AvgIpc) is 2.25. The predicted octanol–water partition coefficient (Wildman–Crippen LogP) is 3.16. The molecule has 1 fully saturated rings. The van der Waals surface area contributed by atoms with Gasteiger partial charge in [-0.3, -0.25) is 0 Å². The van der Waals surface area contributed by atoms with E-state index in [-0.39, 0.29) is 5.60 Å². The highest BCUT2D eigenvalue weighted by Gasteiger charge is 2.34. The van der Waals surface area contributed by atoms with Crippen LogP contribution in [-0.4, -0.2) is 12.2 Å². The van der Waals surface area contributed by atoms with Gasteiger partial charge in [-0.05, 0) is 46.0 Å². The van der Waals surface area contributed by atoms with E-state index in [1.807, 2.05) is 0 Å². The second-order valence-corrected chi connectivity index (χ2v) is 4.43. The lowest BCUT2D eigenvalue weighted by Gasteiger charge is -2.25. The van der Waals surface area contributed by atoms with Crippen LogP contribution in [0, 0.1) is 5.92 Å². The summed E-state index contributed by atoms with van der Waals surface area (Å²) in [5.74, 6) is 0.731. The average molecular weight is 168 g/mol. The minimum absolute atomic E-state index is 0.107. The van der Waals surface area contributed by atoms with Crippen LogP contribution in [0.25, 0.3) is 0 Å². The lowest BCUT2D eigenvalue weighted by Crippen LogP contribution is -2.27. The molecule has 0 aromatic carbocycles. The molecule has 70 valence electrons. The van der Waals surface area contributed by atoms with E-state index in [2.05, 4.69) is 27.4 Å². The first-order valence-electron chi connectivity index (χ1n) is 4.81. The topological polar surface area (TPSA) is 9.23 Å². The van der Waals surface area contributed by atoms with Crippen molar-refractivity contribution in [3.05, 3.63) is 12.2 Å². The second-order valence-electron chi connectivity index (χ2n) is 4.43. The van der Waals surface area contributed by atoms with Crippen LogP contribution >= 0.6 is 0 Å². The molecule has 1 atom stereocenters. The Morgan fingerprint density at radius 1 is 1.58 bits per heavy atom. The Bertz CT molecular complexity index is 170. The highest BCUT2D eigenvalue weighted by molar-refractivity contribution is 4.92. The van der Waals surface area contributed by atoms with Crippen LogP contribution in [0.15, 0.2) is 12.2 Å². The Hall–Kier alpha value is -0.300. The molecule has 1 aliphatic rings. The highest BCUT2D eigenvalue weighted by atomic mass is 16.5. The zero-order valence-electron chi connectivity index (χ0n) is 8.52. The molecule has 1 heteroatoms. The van der Waals surface area contributed by atoms with Crippen molar-refractivity contribution in [2.75, 3.05) is 6.61 Å². The number of ether oxygens (including phenoxy) is 1. The van der Waals surface area contributed by atoms with Gasteiger partial charge in [-0.25, -0.2) is 0 Å². The molecule has 0 unspecified atom stereocenters. The number of hydrogen-bond acceptors (Lipinski definition) is 1. The highest BCUT2D eigenvalue weighted by Crippen LogP contribution is 2.35. The largest absolute Gasteiger partial charge is 0.375 e. The van der Waals surface area contributed by atoms with Crippen molar-refractivity contribution >= 4 is 0 Å². The van der Waals surface area contributed by atoms with E-state index in [1.165, 1.54) is 18.4 Å². The first kappa shape index (κ1) is 9.79. The normalized spacial score (nSPS) is 27.4. The molecule has 0 aromatic rings. The molecule has 0 amide bonds. The van der Waals surface area contributed by atoms with Gasteiger partial charge in [-0.1, -0.05) is 5.57 Å². The number of hydrogen-bond donors (Lipinski definition) is 0. The van der Waals surface area contributed by atoms with E-state index in [0.29, 0.717) is 0 Å². The lowest BCUT2D eigenvalue weighted by atomic mass is 9.86. The standard InChI is InChI=1S/C11H20O/c1-9(2)5-6-10-7-8-12-11(10,3)4/h10H,1,5-8H2,2-4H3/t10-/m0/s1. The summed E-state index contributed by atoms with van der Waals surface area (Å²) in [6.45, 7) is 11.4. The van der Waals surface area contributed by atoms with Crippen molar-refractivity contribution in [1.29, 1.82) is 0 Å². The van der Waals surface area contributed by atoms with E-state index in [1.54, 1.807) is 0 Å². The molecule has 0 spiro atoms. The van der Waals surface area contributed by atoms with Gasteiger partial charge in [0.25, 0.3) is 0 Å². The molecule has 1 nitrogen and oxygen atoms in total. The summed E-state index contributed by atoms with van der Waals surface area (Å²) in [4.78, 5) is 0. The zero-order chi connectivity index (χ0) is 9.19. The molecule has 1 aliphatic heterocycles. The van der Waals surface area contributed by atoms with Crippen molar-refractivity contribution in [2.45, 2.75) is 45.6 Å². The fourth-order valence-corrected chi connectivity index (χ4v) is 1.84. The van der Waals surface area contributed by atoms with E-state index in [0.717, 1.165) is 18.9 Å². The Morgan fingerprint density at radius 2 is 2.25 bits per heavy atom. The zero-order valence-corrected chi connectivity index (χ0v) is 8.52. The van der Waals surface area contributed by atoms with Gasteiger partial charge in [0.15, 0.2) is 0 Å². The fraction of sp³-hybridized carbons (Fsp3) is 0.818. The van der Waals surface area contributed by atoms with Crippen LogP contribution in [-0.2, 0) is 4.74 Å². The molecule has 1 saturated heterocycles. The maximum Gasteiger partial charge on any atom is 0.0655 e. The van der Waals surface area contributed by atoms with Gasteiger partial charge in [-0.15, -0.1) is 6.58 Å². The maximum absolute atomic E-state index is 5.66. The van der Waals surface area contributed by atoms with Gasteiger partial charge < -0.3 is 4.74 Å². The van der Waals surface area contributed by atoms with Crippen molar-refractivity contribution in [1.82, 2.24) is 0 Å². The summed E-state index contributed by atoms with van der Waals surface area (Å²) in [6.07, 6.45) is 3.61. The van der Waals surface area contributed by atoms with Crippen LogP contribution in [0.2, 0.25) is 0 Å². The first-order chi connectivity index (χ1) is 5.52. The third-order valence-corrected chi connectivity index (χ3v) is 2.84. The SMILES string of the molecule is C=C(C)CC[C@H]1CCOC1(C)C. The van der Waals surface area contributed by atoms with E-state index in [4.69, 9.17) is 4.74 Å². The maximum atomic E-state index is 5.66. The summed E-state index contributed by atoms with van der Waals surface area (Å²) >= 11 is 0. The molecular formula is C11H20O. The number of allylic oxidation sites excluding steroid dienone is 1. The molecule has 1 heterocycles. The monoisotopic (exact) mass is 168 g/mol. The first-order valence-corrected chi connectivity index (χ1v) is 4.81. The van der Waals surface area contributed by atoms with Gasteiger partial charge in [0, 0.05) is 6.61 Å². The molecule has 0 radical (unpaired) electrons. The van der Waals surface area contributed by atoms with Crippen LogP contribution < -0.4 is 0 Å². The van der Waals surface area contributed by atoms with Crippen molar-refractivity contribution in [3.8, 4) is 0 Å². The molecule has 0 aliphatic carbocycles. The summed E-state index contributed by atoms with van der Waals surface area (Å²) in [5.41, 5.74) is 1.40. The summed E-state index contributed by atoms with van der Waals surface area (Å²) in [6, 6.07) is 0. The van der Waals surface area contributed by atoms with E-state index in [9.17, 15) is 0 Å². The summed E-state index contributed by atoms with van der Waals surface area (Å²) in [7, 11) is 0. The summed E-state index contributed by atoms with van der Waals surface area (Å²) in [5, 5.41) is 0. The van der Waals surface area contributed by atoms with Crippen LogP contribution in [0.1, 0.15) is 40.0 Å². The molecular weight excluding hydrogens is 148 g/mol. The quantitative estimate of drug-likeness (QED) is 0.588. The van der Waals surface area contributed by atoms with E-state index < -0.39 is 0 Å². The van der Waals surface area contributed by atoms with Crippen LogP contribution in [0.3, 0.4) is 0 Å². The number of rotatable bonds is 3. The Morgan fingerprint density at radius 3 is 2.67 bits per heavy atom. The van der Waals surface area contributed by atoms with Crippen molar-refractivity contribution in [3.63, 3.8) is 0 Å². The lowest BCUT2D eigenvalue weighted by molar-refractivity contribution is 0.00936. The Labute approximate surface area is 75.8 Å². The van der Waals surface area contributed by atoms with Crippen molar-refractivity contribution < 1.29 is 4.74 Å². The molecule has 0 saturated carbocycles. The van der Waals surface area contributed by atoms with Gasteiger partial charge in [0.1, 0.15) is 0 Å². The third kappa shape index (κ3) is 2.34. The predicted molar refractivity (Wildman–Crippen MR) is 52.2 cm³/mol. The molecule has 1 rings (SSSR count). The minimum atomic E-state index is 0.107. The summed E-state index contributed by atoms with van der Waals surface area (Å²) < 4.78 is 5.66. The molecule has 0 N–H and O–H groups in total. The molecule has 0 bridgehead atoms. The van der Waals surface area contributed by atoms with Crippen molar-refractivity contribution in [2.24, 2.45) is 5.92 Å². The van der Waals surface area contributed by atoms with E-state index >= 15 is 0 Å². The fourth-order valence-electron chi connectivity index (χ4n) is 1.84. The minimum Gasteiger partial charge on any atom is -0.375 e. The Balaban J connectivity index is 2.36. The van der Waals surface area contributed by atoms with Gasteiger partial charge in [0.05, 0.1) is 5.60 Å². The van der Waals surface area contributed by atoms with Gasteiger partial charge in [-0.2, -0.15) is 0 Å². The van der Waals surface area contributed by atoms with Crippen LogP contribution in [0.4, 0.5) is 0 Å². The second kappa shape index (κ2) is 3.61.